The number of hydrogen-bond donors (Lipinski definition) is 2. The number of benzene rings is 2. The van der Waals surface area contributed by atoms with Crippen LogP contribution in [-0.2, 0) is 15.6 Å². The fraction of sp³-hybridized carbons (Fsp3) is 0.391. The van der Waals surface area contributed by atoms with Gasteiger partial charge in [-0.05, 0) is 71.2 Å². The Kier molecular flexibility index (Phi) is 4.96. The molecule has 1 aliphatic carbocycles. The van der Waals surface area contributed by atoms with Crippen molar-refractivity contribution in [3.05, 3.63) is 58.7 Å². The molecule has 0 saturated carbocycles. The maximum absolute atomic E-state index is 12.6. The molecule has 0 heterocycles. The average Bonchev–Trinajstić information content (AvgIpc) is 2.66. The van der Waals surface area contributed by atoms with Crippen LogP contribution >= 0.6 is 0 Å². The summed E-state index contributed by atoms with van der Waals surface area (Å²) < 4.78 is 4.66. The zero-order chi connectivity index (χ0) is 20.7. The lowest BCUT2D eigenvalue weighted by atomic mass is 9.63. The van der Waals surface area contributed by atoms with Gasteiger partial charge in [0.2, 0.25) is 0 Å². The van der Waals surface area contributed by atoms with E-state index in [1.54, 1.807) is 30.3 Å². The van der Waals surface area contributed by atoms with E-state index in [0.717, 1.165) is 24.0 Å². The van der Waals surface area contributed by atoms with Gasteiger partial charge >= 0.3 is 5.97 Å². The van der Waals surface area contributed by atoms with Gasteiger partial charge in [0.25, 0.3) is 5.91 Å². The number of carbonyl (C=O) groups excluding carboxylic acids is 2. The lowest BCUT2D eigenvalue weighted by Gasteiger charge is -2.42. The minimum absolute atomic E-state index is 0.0193. The molecule has 1 aliphatic rings. The number of hydrogen-bond acceptors (Lipinski definition) is 4. The van der Waals surface area contributed by atoms with Gasteiger partial charge < -0.3 is 15.2 Å². The van der Waals surface area contributed by atoms with E-state index in [-0.39, 0.29) is 22.5 Å². The summed E-state index contributed by atoms with van der Waals surface area (Å²) in [4.78, 5) is 24.2. The zero-order valence-electron chi connectivity index (χ0n) is 17.1. The van der Waals surface area contributed by atoms with Crippen LogP contribution in [0.4, 0.5) is 5.69 Å². The molecule has 0 fully saturated rings. The number of rotatable bonds is 3. The summed E-state index contributed by atoms with van der Waals surface area (Å²) in [6.45, 7) is 8.74. The molecule has 0 saturated heterocycles. The molecule has 0 spiro atoms. The van der Waals surface area contributed by atoms with E-state index in [1.807, 2.05) is 6.07 Å². The molecule has 2 aromatic carbocycles. The lowest BCUT2D eigenvalue weighted by molar-refractivity contribution is 0.0600. The predicted molar refractivity (Wildman–Crippen MR) is 109 cm³/mol. The Balaban J connectivity index is 1.91. The first-order valence-electron chi connectivity index (χ1n) is 9.43. The minimum atomic E-state index is -0.455. The number of phenolic OH excluding ortho intramolecular Hbond substituents is 1. The molecule has 0 aliphatic heterocycles. The van der Waals surface area contributed by atoms with Crippen LogP contribution < -0.4 is 5.32 Å². The van der Waals surface area contributed by atoms with Crippen LogP contribution in [0.15, 0.2) is 36.4 Å². The van der Waals surface area contributed by atoms with Crippen LogP contribution in [0.1, 0.15) is 72.4 Å². The number of carbonyl (C=O) groups is 2. The highest BCUT2D eigenvalue weighted by Crippen LogP contribution is 2.48. The van der Waals surface area contributed by atoms with Crippen molar-refractivity contribution in [1.29, 1.82) is 0 Å². The summed E-state index contributed by atoms with van der Waals surface area (Å²) >= 11 is 0. The zero-order valence-corrected chi connectivity index (χ0v) is 17.1. The van der Waals surface area contributed by atoms with Gasteiger partial charge in [-0.3, -0.25) is 4.79 Å². The second-order valence-corrected chi connectivity index (χ2v) is 8.71. The van der Waals surface area contributed by atoms with Gasteiger partial charge in [-0.25, -0.2) is 4.79 Å². The molecule has 0 bridgehead atoms. The van der Waals surface area contributed by atoms with E-state index in [4.69, 9.17) is 0 Å². The molecular formula is C23H27NO4. The summed E-state index contributed by atoms with van der Waals surface area (Å²) in [5.41, 5.74) is 3.39. The van der Waals surface area contributed by atoms with Crippen molar-refractivity contribution in [2.75, 3.05) is 12.4 Å². The third-order valence-electron chi connectivity index (χ3n) is 5.79. The summed E-state index contributed by atoms with van der Waals surface area (Å²) in [5, 5.41) is 13.3. The first-order valence-corrected chi connectivity index (χ1v) is 9.43. The Morgan fingerprint density at radius 1 is 0.929 bits per heavy atom. The smallest absolute Gasteiger partial charge is 0.337 e. The summed E-state index contributed by atoms with van der Waals surface area (Å²) in [6, 6.07) is 9.88. The van der Waals surface area contributed by atoms with Gasteiger partial charge in [0, 0.05) is 5.56 Å². The lowest BCUT2D eigenvalue weighted by Crippen LogP contribution is -2.34. The van der Waals surface area contributed by atoms with E-state index >= 15 is 0 Å². The second-order valence-electron chi connectivity index (χ2n) is 8.71. The first-order chi connectivity index (χ1) is 13.0. The van der Waals surface area contributed by atoms with E-state index in [1.165, 1.54) is 7.11 Å². The number of methoxy groups -OCH3 is 1. The fourth-order valence-corrected chi connectivity index (χ4v) is 3.77. The van der Waals surface area contributed by atoms with E-state index in [9.17, 15) is 14.7 Å². The van der Waals surface area contributed by atoms with Crippen molar-refractivity contribution in [1.82, 2.24) is 0 Å². The molecule has 0 aromatic heterocycles. The van der Waals surface area contributed by atoms with Crippen LogP contribution in [-0.4, -0.2) is 24.1 Å². The fourth-order valence-electron chi connectivity index (χ4n) is 3.77. The maximum atomic E-state index is 12.6. The number of amides is 1. The Hall–Kier alpha value is -2.82. The van der Waals surface area contributed by atoms with Crippen molar-refractivity contribution in [3.63, 3.8) is 0 Å². The molecule has 2 aromatic rings. The number of ether oxygens (including phenoxy) is 1. The van der Waals surface area contributed by atoms with E-state index in [2.05, 4.69) is 37.7 Å². The van der Waals surface area contributed by atoms with Gasteiger partial charge in [0.1, 0.15) is 5.75 Å². The normalized spacial score (nSPS) is 16.8. The van der Waals surface area contributed by atoms with Gasteiger partial charge in [-0.2, -0.15) is 0 Å². The molecule has 0 radical (unpaired) electrons. The van der Waals surface area contributed by atoms with Crippen LogP contribution in [0, 0.1) is 0 Å². The van der Waals surface area contributed by atoms with Crippen LogP contribution in [0.5, 0.6) is 5.75 Å². The highest BCUT2D eigenvalue weighted by molar-refractivity contribution is 6.05. The molecule has 0 unspecified atom stereocenters. The number of fused-ring (bicyclic) bond motifs is 1. The highest BCUT2D eigenvalue weighted by Gasteiger charge is 2.37. The molecule has 5 nitrogen and oxygen atoms in total. The van der Waals surface area contributed by atoms with E-state index < -0.39 is 5.97 Å². The average molecular weight is 381 g/mol. The number of esters is 1. The standard InChI is InChI=1S/C23H27NO4/c1-22(2)10-11-23(3,4)17-13-19(25)18(12-16(17)22)24-20(26)14-6-8-15(9-7-14)21(27)28-5/h6-9,12-13,25H,10-11H2,1-5H3,(H,24,26). The Morgan fingerprint density at radius 2 is 1.43 bits per heavy atom. The van der Waals surface area contributed by atoms with Crippen LogP contribution in [0.2, 0.25) is 0 Å². The van der Waals surface area contributed by atoms with Gasteiger partial charge in [-0.1, -0.05) is 27.7 Å². The third-order valence-corrected chi connectivity index (χ3v) is 5.79. The topological polar surface area (TPSA) is 75.6 Å². The summed E-state index contributed by atoms with van der Waals surface area (Å²) in [5.74, 6) is -0.743. The highest BCUT2D eigenvalue weighted by atomic mass is 16.5. The molecule has 5 heteroatoms. The molecule has 1 amide bonds. The Bertz CT molecular complexity index is 926. The summed E-state index contributed by atoms with van der Waals surface area (Å²) in [7, 11) is 1.31. The van der Waals surface area contributed by atoms with Crippen molar-refractivity contribution in [2.24, 2.45) is 0 Å². The number of phenols is 1. The Labute approximate surface area is 165 Å². The van der Waals surface area contributed by atoms with Gasteiger partial charge in [-0.15, -0.1) is 0 Å². The number of aromatic hydroxyl groups is 1. The number of anilines is 1. The quantitative estimate of drug-likeness (QED) is 0.593. The molecule has 2 N–H and O–H groups in total. The van der Waals surface area contributed by atoms with Gasteiger partial charge in [0.05, 0.1) is 18.4 Å². The van der Waals surface area contributed by atoms with Crippen molar-refractivity contribution >= 4 is 17.6 Å². The van der Waals surface area contributed by atoms with Crippen molar-refractivity contribution < 1.29 is 19.4 Å². The minimum Gasteiger partial charge on any atom is -0.506 e. The van der Waals surface area contributed by atoms with Crippen LogP contribution in [0.3, 0.4) is 0 Å². The van der Waals surface area contributed by atoms with Gasteiger partial charge in [0.15, 0.2) is 0 Å². The number of nitrogens with one attached hydrogen (secondary N) is 1. The van der Waals surface area contributed by atoms with Crippen molar-refractivity contribution in [2.45, 2.75) is 51.4 Å². The third kappa shape index (κ3) is 3.61. The summed E-state index contributed by atoms with van der Waals surface area (Å²) in [6.07, 6.45) is 2.09. The molecule has 0 atom stereocenters. The first kappa shape index (κ1) is 19.9. The van der Waals surface area contributed by atoms with Crippen LogP contribution in [0.25, 0.3) is 0 Å². The Morgan fingerprint density at radius 3 is 1.96 bits per heavy atom. The molecular weight excluding hydrogens is 354 g/mol. The maximum Gasteiger partial charge on any atom is 0.337 e. The van der Waals surface area contributed by atoms with E-state index in [0.29, 0.717) is 16.8 Å². The molecule has 3 rings (SSSR count). The molecule has 148 valence electrons. The monoisotopic (exact) mass is 381 g/mol. The molecule has 28 heavy (non-hydrogen) atoms. The second kappa shape index (κ2) is 6.97. The predicted octanol–water partition coefficient (Wildman–Crippen LogP) is 4.78. The van der Waals surface area contributed by atoms with Crippen molar-refractivity contribution in [3.8, 4) is 5.75 Å². The largest absolute Gasteiger partial charge is 0.506 e. The SMILES string of the molecule is COC(=O)c1ccc(C(=O)Nc2cc3c(cc2O)C(C)(C)CCC3(C)C)cc1.